The van der Waals surface area contributed by atoms with Gasteiger partial charge in [0.15, 0.2) is 0 Å². The van der Waals surface area contributed by atoms with Crippen LogP contribution < -0.4 is 5.73 Å². The summed E-state index contributed by atoms with van der Waals surface area (Å²) < 4.78 is 0. The lowest BCUT2D eigenvalue weighted by molar-refractivity contribution is -0.138. The minimum absolute atomic E-state index is 0.209. The molecule has 1 amide bonds. The monoisotopic (exact) mass is 214 g/mol. The standard InChI is InChI=1S/C11H22N2O2/c12-6-4-2-1-3-5-11(15)13-7-10(8-13)9-14/h10,14H,1-9,12H2. The zero-order valence-corrected chi connectivity index (χ0v) is 9.32. The van der Waals surface area contributed by atoms with Gasteiger partial charge in [0.05, 0.1) is 0 Å². The number of aliphatic hydroxyl groups is 1. The summed E-state index contributed by atoms with van der Waals surface area (Å²) in [5, 5.41) is 8.81. The Morgan fingerprint density at radius 1 is 1.27 bits per heavy atom. The predicted octanol–water partition coefficient (Wildman–Crippen LogP) is 0.346. The van der Waals surface area contributed by atoms with E-state index in [4.69, 9.17) is 10.8 Å². The summed E-state index contributed by atoms with van der Waals surface area (Å²) in [4.78, 5) is 13.4. The van der Waals surface area contributed by atoms with E-state index in [-0.39, 0.29) is 12.5 Å². The number of aliphatic hydroxyl groups excluding tert-OH is 1. The van der Waals surface area contributed by atoms with Gasteiger partial charge in [0.1, 0.15) is 0 Å². The van der Waals surface area contributed by atoms with Crippen molar-refractivity contribution < 1.29 is 9.90 Å². The summed E-state index contributed by atoms with van der Waals surface area (Å²) in [5.74, 6) is 0.568. The first kappa shape index (κ1) is 12.5. The molecule has 0 spiro atoms. The third-order valence-electron chi connectivity index (χ3n) is 2.91. The second-order valence-electron chi connectivity index (χ2n) is 4.30. The fourth-order valence-electron chi connectivity index (χ4n) is 1.82. The Kier molecular flexibility index (Phi) is 5.65. The highest BCUT2D eigenvalue weighted by Gasteiger charge is 2.28. The van der Waals surface area contributed by atoms with Crippen molar-refractivity contribution >= 4 is 5.91 Å². The average Bonchev–Trinajstić information content (AvgIpc) is 2.16. The molecule has 1 aliphatic heterocycles. The third-order valence-corrected chi connectivity index (χ3v) is 2.91. The van der Waals surface area contributed by atoms with E-state index in [9.17, 15) is 4.79 Å². The molecule has 0 aromatic rings. The zero-order valence-electron chi connectivity index (χ0n) is 9.32. The van der Waals surface area contributed by atoms with E-state index in [1.165, 1.54) is 0 Å². The number of nitrogens with two attached hydrogens (primary N) is 1. The van der Waals surface area contributed by atoms with Gasteiger partial charge in [-0.3, -0.25) is 4.79 Å². The van der Waals surface area contributed by atoms with Crippen molar-refractivity contribution in [3.8, 4) is 0 Å². The second kappa shape index (κ2) is 6.80. The Bertz CT molecular complexity index is 191. The summed E-state index contributed by atoms with van der Waals surface area (Å²) in [7, 11) is 0. The SMILES string of the molecule is NCCCCCCC(=O)N1CC(CO)C1. The number of carbonyl (C=O) groups is 1. The van der Waals surface area contributed by atoms with Crippen molar-refractivity contribution in [1.82, 2.24) is 4.90 Å². The minimum atomic E-state index is 0.209. The Morgan fingerprint density at radius 2 is 1.93 bits per heavy atom. The van der Waals surface area contributed by atoms with Crippen LogP contribution in [0.5, 0.6) is 0 Å². The van der Waals surface area contributed by atoms with Crippen molar-refractivity contribution in [2.24, 2.45) is 11.7 Å². The molecule has 0 aliphatic carbocycles. The molecule has 1 heterocycles. The van der Waals surface area contributed by atoms with Crippen LogP contribution >= 0.6 is 0 Å². The van der Waals surface area contributed by atoms with Crippen LogP contribution in [0.3, 0.4) is 0 Å². The number of amides is 1. The molecule has 0 aromatic carbocycles. The van der Waals surface area contributed by atoms with Crippen molar-refractivity contribution in [3.05, 3.63) is 0 Å². The van der Waals surface area contributed by atoms with E-state index >= 15 is 0 Å². The summed E-state index contributed by atoms with van der Waals surface area (Å²) in [6.45, 7) is 2.45. The quantitative estimate of drug-likeness (QED) is 0.601. The van der Waals surface area contributed by atoms with Crippen molar-refractivity contribution in [3.63, 3.8) is 0 Å². The van der Waals surface area contributed by atoms with Gasteiger partial charge in [-0.05, 0) is 19.4 Å². The molecule has 0 radical (unpaired) electrons. The van der Waals surface area contributed by atoms with Crippen LogP contribution in [0.15, 0.2) is 0 Å². The topological polar surface area (TPSA) is 66.6 Å². The summed E-state index contributed by atoms with van der Waals surface area (Å²) in [6, 6.07) is 0. The first-order valence-electron chi connectivity index (χ1n) is 5.86. The molecule has 0 atom stereocenters. The molecule has 0 aromatic heterocycles. The lowest BCUT2D eigenvalue weighted by Crippen LogP contribution is -2.51. The van der Waals surface area contributed by atoms with E-state index in [1.54, 1.807) is 0 Å². The van der Waals surface area contributed by atoms with E-state index in [0.717, 1.165) is 45.3 Å². The van der Waals surface area contributed by atoms with Crippen molar-refractivity contribution in [1.29, 1.82) is 0 Å². The van der Waals surface area contributed by atoms with Crippen LogP contribution in [0.4, 0.5) is 0 Å². The number of rotatable bonds is 7. The zero-order chi connectivity index (χ0) is 11.1. The van der Waals surface area contributed by atoms with E-state index in [1.807, 2.05) is 4.90 Å². The lowest BCUT2D eigenvalue weighted by Gasteiger charge is -2.38. The van der Waals surface area contributed by atoms with Crippen LogP contribution in [-0.4, -0.2) is 42.2 Å². The van der Waals surface area contributed by atoms with Gasteiger partial charge in [0, 0.05) is 32.0 Å². The first-order chi connectivity index (χ1) is 7.27. The largest absolute Gasteiger partial charge is 0.396 e. The minimum Gasteiger partial charge on any atom is -0.396 e. The molecule has 0 saturated carbocycles. The lowest BCUT2D eigenvalue weighted by atomic mass is 10.0. The highest BCUT2D eigenvalue weighted by atomic mass is 16.3. The van der Waals surface area contributed by atoms with Crippen molar-refractivity contribution in [2.75, 3.05) is 26.2 Å². The smallest absolute Gasteiger partial charge is 0.222 e. The Balaban J connectivity index is 1.95. The molecule has 4 heteroatoms. The van der Waals surface area contributed by atoms with Gasteiger partial charge in [-0.1, -0.05) is 12.8 Å². The molecule has 3 N–H and O–H groups in total. The van der Waals surface area contributed by atoms with Crippen LogP contribution in [-0.2, 0) is 4.79 Å². The fourth-order valence-corrected chi connectivity index (χ4v) is 1.82. The van der Waals surface area contributed by atoms with Gasteiger partial charge >= 0.3 is 0 Å². The number of carbonyl (C=O) groups excluding carboxylic acids is 1. The van der Waals surface area contributed by atoms with Gasteiger partial charge in [-0.15, -0.1) is 0 Å². The Labute approximate surface area is 91.4 Å². The van der Waals surface area contributed by atoms with Gasteiger partial charge in [0.2, 0.25) is 5.91 Å². The third kappa shape index (κ3) is 4.18. The predicted molar refractivity (Wildman–Crippen MR) is 59.3 cm³/mol. The number of hydrogen-bond donors (Lipinski definition) is 2. The van der Waals surface area contributed by atoms with Crippen LogP contribution in [0.2, 0.25) is 0 Å². The molecule has 88 valence electrons. The molecule has 1 fully saturated rings. The Hall–Kier alpha value is -0.610. The second-order valence-corrected chi connectivity index (χ2v) is 4.30. The molecular weight excluding hydrogens is 192 g/mol. The average molecular weight is 214 g/mol. The van der Waals surface area contributed by atoms with Crippen LogP contribution in [0, 0.1) is 5.92 Å². The van der Waals surface area contributed by atoms with Gasteiger partial charge in [0.25, 0.3) is 0 Å². The van der Waals surface area contributed by atoms with Gasteiger partial charge < -0.3 is 15.7 Å². The molecule has 0 bridgehead atoms. The highest BCUT2D eigenvalue weighted by molar-refractivity contribution is 5.76. The maximum Gasteiger partial charge on any atom is 0.222 e. The number of unbranched alkanes of at least 4 members (excludes halogenated alkanes) is 3. The maximum absolute atomic E-state index is 11.5. The number of likely N-dealkylation sites (tertiary alicyclic amines) is 1. The molecule has 1 saturated heterocycles. The normalized spacial score (nSPS) is 16.5. The van der Waals surface area contributed by atoms with Crippen LogP contribution in [0.25, 0.3) is 0 Å². The highest BCUT2D eigenvalue weighted by Crippen LogP contribution is 2.16. The Morgan fingerprint density at radius 3 is 2.53 bits per heavy atom. The van der Waals surface area contributed by atoms with Gasteiger partial charge in [-0.25, -0.2) is 0 Å². The number of hydrogen-bond acceptors (Lipinski definition) is 3. The molecule has 4 nitrogen and oxygen atoms in total. The van der Waals surface area contributed by atoms with E-state index < -0.39 is 0 Å². The first-order valence-corrected chi connectivity index (χ1v) is 5.86. The fraction of sp³-hybridized carbons (Fsp3) is 0.909. The van der Waals surface area contributed by atoms with Crippen LogP contribution in [0.1, 0.15) is 32.1 Å². The molecule has 0 unspecified atom stereocenters. The van der Waals surface area contributed by atoms with Crippen molar-refractivity contribution in [2.45, 2.75) is 32.1 Å². The molecule has 1 rings (SSSR count). The van der Waals surface area contributed by atoms with E-state index in [2.05, 4.69) is 0 Å². The summed E-state index contributed by atoms with van der Waals surface area (Å²) in [6.07, 6.45) is 4.91. The molecule has 1 aliphatic rings. The van der Waals surface area contributed by atoms with E-state index in [0.29, 0.717) is 12.3 Å². The van der Waals surface area contributed by atoms with Gasteiger partial charge in [-0.2, -0.15) is 0 Å². The maximum atomic E-state index is 11.5. The number of nitrogens with zero attached hydrogens (tertiary/aromatic N) is 1. The summed E-state index contributed by atoms with van der Waals surface area (Å²) >= 11 is 0. The molecule has 15 heavy (non-hydrogen) atoms. The summed E-state index contributed by atoms with van der Waals surface area (Å²) in [5.41, 5.74) is 5.38. The molecular formula is C11H22N2O2.